The lowest BCUT2D eigenvalue weighted by molar-refractivity contribution is 0.0671. The van der Waals surface area contributed by atoms with Crippen LogP contribution in [0.5, 0.6) is 0 Å². The van der Waals surface area contributed by atoms with Crippen molar-refractivity contribution in [3.05, 3.63) is 34.5 Å². The van der Waals surface area contributed by atoms with Gasteiger partial charge in [0.25, 0.3) is 5.91 Å². The maximum atomic E-state index is 13.1. The number of hydrogen-bond donors (Lipinski definition) is 0. The Balaban J connectivity index is 1.91. The van der Waals surface area contributed by atoms with Crippen LogP contribution in [0.1, 0.15) is 78.3 Å². The van der Waals surface area contributed by atoms with Gasteiger partial charge in [-0.25, -0.2) is 0 Å². The van der Waals surface area contributed by atoms with E-state index in [1.807, 2.05) is 17.9 Å². The van der Waals surface area contributed by atoms with Crippen LogP contribution in [0.15, 0.2) is 15.1 Å². The van der Waals surface area contributed by atoms with Crippen LogP contribution in [0.4, 0.5) is 0 Å². The fraction of sp³-hybridized carbons (Fsp3) is 0.611. The number of hydrogen-bond acceptors (Lipinski definition) is 5. The van der Waals surface area contributed by atoms with Crippen molar-refractivity contribution in [3.8, 4) is 0 Å². The number of carbonyl (C=O) groups excluding carboxylic acids is 1. The molecule has 1 fully saturated rings. The Morgan fingerprint density at radius 1 is 1.25 bits per heavy atom. The lowest BCUT2D eigenvalue weighted by atomic mass is 10.0. The van der Waals surface area contributed by atoms with Crippen LogP contribution in [0.3, 0.4) is 0 Å². The summed E-state index contributed by atoms with van der Waals surface area (Å²) in [6.45, 7) is 6.44. The van der Waals surface area contributed by atoms with Gasteiger partial charge in [-0.05, 0) is 33.1 Å². The lowest BCUT2D eigenvalue weighted by Crippen LogP contribution is -2.35. The predicted molar refractivity (Wildman–Crippen MR) is 88.7 cm³/mol. The molecule has 1 saturated heterocycles. The van der Waals surface area contributed by atoms with Crippen molar-refractivity contribution in [2.75, 3.05) is 6.54 Å². The molecule has 1 amide bonds. The minimum atomic E-state index is -0.0388. The molecule has 0 unspecified atom stereocenters. The Hall–Kier alpha value is -2.11. The second-order valence-corrected chi connectivity index (χ2v) is 6.53. The maximum Gasteiger partial charge on any atom is 0.259 e. The first kappa shape index (κ1) is 16.7. The average Bonchev–Trinajstić information content (AvgIpc) is 3.06. The summed E-state index contributed by atoms with van der Waals surface area (Å²) in [5, 5.41) is 8.18. The molecule has 0 aliphatic carbocycles. The van der Waals surface area contributed by atoms with E-state index in [-0.39, 0.29) is 11.9 Å². The summed E-state index contributed by atoms with van der Waals surface area (Å²) in [6.07, 6.45) is 6.02. The number of nitrogens with zero attached hydrogens (tertiary/aromatic N) is 3. The van der Waals surface area contributed by atoms with Crippen molar-refractivity contribution in [2.45, 2.75) is 65.3 Å². The van der Waals surface area contributed by atoms with Gasteiger partial charge >= 0.3 is 0 Å². The molecule has 2 aromatic rings. The highest BCUT2D eigenvalue weighted by Crippen LogP contribution is 2.32. The first-order valence-corrected chi connectivity index (χ1v) is 8.81. The van der Waals surface area contributed by atoms with Crippen molar-refractivity contribution in [3.63, 3.8) is 0 Å². The molecule has 6 heteroatoms. The van der Waals surface area contributed by atoms with E-state index in [1.165, 1.54) is 0 Å². The molecule has 1 atom stereocenters. The molecule has 130 valence electrons. The Kier molecular flexibility index (Phi) is 5.02. The van der Waals surface area contributed by atoms with E-state index < -0.39 is 0 Å². The van der Waals surface area contributed by atoms with Crippen LogP contribution < -0.4 is 0 Å². The molecule has 0 aromatic carbocycles. The fourth-order valence-corrected chi connectivity index (χ4v) is 3.44. The number of likely N-dealkylation sites (tertiary alicyclic amines) is 1. The van der Waals surface area contributed by atoms with Gasteiger partial charge in [0.1, 0.15) is 22.8 Å². The quantitative estimate of drug-likeness (QED) is 0.847. The average molecular weight is 331 g/mol. The van der Waals surface area contributed by atoms with Gasteiger partial charge in [0.05, 0.1) is 11.7 Å². The zero-order valence-electron chi connectivity index (χ0n) is 14.7. The number of carbonyl (C=O) groups is 1. The first-order valence-electron chi connectivity index (χ1n) is 8.81. The molecule has 3 heterocycles. The van der Waals surface area contributed by atoms with Crippen molar-refractivity contribution < 1.29 is 13.8 Å². The van der Waals surface area contributed by atoms with Crippen LogP contribution in [-0.2, 0) is 6.42 Å². The molecule has 0 saturated carbocycles. The molecule has 2 aromatic heterocycles. The zero-order chi connectivity index (χ0) is 17.1. The van der Waals surface area contributed by atoms with Crippen LogP contribution in [0, 0.1) is 13.8 Å². The fourth-order valence-electron chi connectivity index (χ4n) is 3.44. The summed E-state index contributed by atoms with van der Waals surface area (Å²) in [4.78, 5) is 15.1. The van der Waals surface area contributed by atoms with Crippen molar-refractivity contribution >= 4 is 5.91 Å². The second kappa shape index (κ2) is 7.20. The maximum absolute atomic E-state index is 13.1. The van der Waals surface area contributed by atoms with Gasteiger partial charge in [-0.15, -0.1) is 0 Å². The largest absolute Gasteiger partial charge is 0.361 e. The van der Waals surface area contributed by atoms with Gasteiger partial charge in [0, 0.05) is 19.0 Å². The Labute approximate surface area is 142 Å². The molecule has 3 rings (SSSR count). The summed E-state index contributed by atoms with van der Waals surface area (Å²) in [5.74, 6) is 1.45. The SMILES string of the molecule is CCCc1cc([C@@H]2CCCCCN2C(=O)c2c(C)noc2C)no1. The van der Waals surface area contributed by atoms with Crippen molar-refractivity contribution in [2.24, 2.45) is 0 Å². The molecule has 0 spiro atoms. The van der Waals surface area contributed by atoms with Gasteiger partial charge in [-0.1, -0.05) is 30.1 Å². The lowest BCUT2D eigenvalue weighted by Gasteiger charge is -2.28. The summed E-state index contributed by atoms with van der Waals surface area (Å²) in [6, 6.07) is 1.97. The normalized spacial score (nSPS) is 18.6. The number of rotatable bonds is 4. The minimum Gasteiger partial charge on any atom is -0.361 e. The van der Waals surface area contributed by atoms with E-state index in [1.54, 1.807) is 6.92 Å². The molecule has 0 radical (unpaired) electrons. The van der Waals surface area contributed by atoms with Crippen LogP contribution in [-0.4, -0.2) is 27.7 Å². The van der Waals surface area contributed by atoms with E-state index in [4.69, 9.17) is 9.05 Å². The highest BCUT2D eigenvalue weighted by molar-refractivity contribution is 5.96. The van der Waals surface area contributed by atoms with Crippen LogP contribution >= 0.6 is 0 Å². The number of aromatic nitrogens is 2. The summed E-state index contributed by atoms with van der Waals surface area (Å²) in [5.41, 5.74) is 2.09. The van der Waals surface area contributed by atoms with Crippen LogP contribution in [0.2, 0.25) is 0 Å². The van der Waals surface area contributed by atoms with Gasteiger partial charge < -0.3 is 13.9 Å². The predicted octanol–water partition coefficient (Wildman–Crippen LogP) is 3.99. The Morgan fingerprint density at radius 3 is 2.79 bits per heavy atom. The molecular weight excluding hydrogens is 306 g/mol. The smallest absolute Gasteiger partial charge is 0.259 e. The highest BCUT2D eigenvalue weighted by Gasteiger charge is 2.32. The van der Waals surface area contributed by atoms with E-state index >= 15 is 0 Å². The highest BCUT2D eigenvalue weighted by atomic mass is 16.5. The number of aryl methyl sites for hydroxylation is 3. The third-order valence-corrected chi connectivity index (χ3v) is 4.68. The third-order valence-electron chi connectivity index (χ3n) is 4.68. The molecule has 24 heavy (non-hydrogen) atoms. The zero-order valence-corrected chi connectivity index (χ0v) is 14.7. The molecule has 1 aliphatic rings. The van der Waals surface area contributed by atoms with E-state index in [0.717, 1.165) is 56.5 Å². The summed E-state index contributed by atoms with van der Waals surface area (Å²) >= 11 is 0. The van der Waals surface area contributed by atoms with Crippen molar-refractivity contribution in [1.29, 1.82) is 0 Å². The van der Waals surface area contributed by atoms with Crippen LogP contribution in [0.25, 0.3) is 0 Å². The standard InChI is InChI=1S/C18H25N3O3/c1-4-8-14-11-15(20-24-14)16-9-6-5-7-10-21(16)18(22)17-12(2)19-23-13(17)3/h11,16H,4-10H2,1-3H3/t16-/m0/s1. The minimum absolute atomic E-state index is 0.0156. The van der Waals surface area contributed by atoms with Crippen molar-refractivity contribution in [1.82, 2.24) is 15.2 Å². The molecule has 0 bridgehead atoms. The van der Waals surface area contributed by atoms with Gasteiger partial charge in [-0.3, -0.25) is 4.79 Å². The monoisotopic (exact) mass is 331 g/mol. The molecule has 0 N–H and O–H groups in total. The third kappa shape index (κ3) is 3.23. The van der Waals surface area contributed by atoms with Gasteiger partial charge in [0.15, 0.2) is 0 Å². The first-order chi connectivity index (χ1) is 11.6. The topological polar surface area (TPSA) is 72.4 Å². The Morgan fingerprint density at radius 2 is 2.08 bits per heavy atom. The summed E-state index contributed by atoms with van der Waals surface area (Å²) in [7, 11) is 0. The van der Waals surface area contributed by atoms with E-state index in [0.29, 0.717) is 17.0 Å². The molecule has 6 nitrogen and oxygen atoms in total. The Bertz CT molecular complexity index is 685. The second-order valence-electron chi connectivity index (χ2n) is 6.53. The van der Waals surface area contributed by atoms with E-state index in [2.05, 4.69) is 17.2 Å². The molecular formula is C18H25N3O3. The van der Waals surface area contributed by atoms with Gasteiger partial charge in [-0.2, -0.15) is 0 Å². The molecule has 1 aliphatic heterocycles. The van der Waals surface area contributed by atoms with E-state index in [9.17, 15) is 4.79 Å². The summed E-state index contributed by atoms with van der Waals surface area (Å²) < 4.78 is 10.6. The number of amides is 1. The van der Waals surface area contributed by atoms with Gasteiger partial charge in [0.2, 0.25) is 0 Å².